The van der Waals surface area contributed by atoms with Crippen molar-refractivity contribution in [3.63, 3.8) is 0 Å². The fraction of sp³-hybridized carbons (Fsp3) is 0.647. The second-order valence-electron chi connectivity index (χ2n) is 6.17. The summed E-state index contributed by atoms with van der Waals surface area (Å²) >= 11 is 1.94. The average molecular weight is 341 g/mol. The van der Waals surface area contributed by atoms with Gasteiger partial charge in [-0.25, -0.2) is 0 Å². The maximum Gasteiger partial charge on any atom is 0.224 e. The number of nitrogens with one attached hydrogen (secondary N) is 1. The molecule has 1 fully saturated rings. The SMILES string of the molecule is CCC(CC)NC(=O)C1CSC23CC=CC=C2N=CCC13.Cl. The second kappa shape index (κ2) is 7.22. The van der Waals surface area contributed by atoms with E-state index in [1.54, 1.807) is 0 Å². The summed E-state index contributed by atoms with van der Waals surface area (Å²) in [6, 6.07) is 0.317. The Morgan fingerprint density at radius 2 is 2.27 bits per heavy atom. The van der Waals surface area contributed by atoms with Crippen LogP contribution in [-0.4, -0.2) is 28.7 Å². The Morgan fingerprint density at radius 1 is 1.50 bits per heavy atom. The van der Waals surface area contributed by atoms with E-state index >= 15 is 0 Å². The van der Waals surface area contributed by atoms with Gasteiger partial charge in [-0.05, 0) is 37.7 Å². The zero-order valence-corrected chi connectivity index (χ0v) is 14.9. The summed E-state index contributed by atoms with van der Waals surface area (Å²) in [7, 11) is 0. The number of amides is 1. The Hall–Kier alpha value is -0.740. The molecule has 1 N–H and O–H groups in total. The summed E-state index contributed by atoms with van der Waals surface area (Å²) in [5, 5.41) is 3.25. The fourth-order valence-corrected chi connectivity index (χ4v) is 5.56. The van der Waals surface area contributed by atoms with Gasteiger partial charge in [-0.2, -0.15) is 0 Å². The van der Waals surface area contributed by atoms with E-state index in [1.165, 1.54) is 5.70 Å². The Morgan fingerprint density at radius 3 is 3.00 bits per heavy atom. The average Bonchev–Trinajstić information content (AvgIpc) is 2.90. The molecule has 1 saturated heterocycles. The van der Waals surface area contributed by atoms with Crippen molar-refractivity contribution in [2.24, 2.45) is 16.8 Å². The lowest BCUT2D eigenvalue weighted by Crippen LogP contribution is -2.45. The van der Waals surface area contributed by atoms with E-state index in [-0.39, 0.29) is 29.0 Å². The largest absolute Gasteiger partial charge is 0.353 e. The van der Waals surface area contributed by atoms with Crippen LogP contribution in [0.3, 0.4) is 0 Å². The highest BCUT2D eigenvalue weighted by Gasteiger charge is 2.54. The molecule has 2 heterocycles. The highest BCUT2D eigenvalue weighted by Crippen LogP contribution is 2.57. The minimum atomic E-state index is 0. The number of hydrogen-bond donors (Lipinski definition) is 1. The first-order chi connectivity index (χ1) is 10.2. The molecule has 0 aromatic heterocycles. The van der Waals surface area contributed by atoms with Crippen LogP contribution in [0.4, 0.5) is 0 Å². The van der Waals surface area contributed by atoms with E-state index in [9.17, 15) is 4.79 Å². The van der Waals surface area contributed by atoms with Crippen LogP contribution in [0.1, 0.15) is 39.5 Å². The van der Waals surface area contributed by atoms with Gasteiger partial charge in [0.15, 0.2) is 0 Å². The van der Waals surface area contributed by atoms with E-state index in [4.69, 9.17) is 0 Å². The zero-order valence-electron chi connectivity index (χ0n) is 13.2. The third kappa shape index (κ3) is 2.88. The number of halogens is 1. The molecule has 2 aliphatic heterocycles. The van der Waals surface area contributed by atoms with Crippen molar-refractivity contribution in [2.45, 2.75) is 50.3 Å². The summed E-state index contributed by atoms with van der Waals surface area (Å²) in [6.07, 6.45) is 12.4. The van der Waals surface area contributed by atoms with Crippen LogP contribution >= 0.6 is 24.2 Å². The number of hydrogen-bond acceptors (Lipinski definition) is 3. The molecule has 5 heteroatoms. The molecule has 22 heavy (non-hydrogen) atoms. The van der Waals surface area contributed by atoms with Crippen molar-refractivity contribution < 1.29 is 4.79 Å². The molecule has 1 amide bonds. The molecule has 3 nitrogen and oxygen atoms in total. The lowest BCUT2D eigenvalue weighted by molar-refractivity contribution is -0.126. The summed E-state index contributed by atoms with van der Waals surface area (Å²) in [5.41, 5.74) is 1.17. The first-order valence-electron chi connectivity index (χ1n) is 8.05. The van der Waals surface area contributed by atoms with Crippen molar-refractivity contribution in [3.8, 4) is 0 Å². The van der Waals surface area contributed by atoms with Gasteiger partial charge in [0.2, 0.25) is 5.91 Å². The van der Waals surface area contributed by atoms with E-state index in [2.05, 4.69) is 42.4 Å². The molecule has 0 bridgehead atoms. The van der Waals surface area contributed by atoms with Gasteiger partial charge >= 0.3 is 0 Å². The smallest absolute Gasteiger partial charge is 0.224 e. The van der Waals surface area contributed by atoms with Crippen LogP contribution in [0.2, 0.25) is 0 Å². The zero-order chi connectivity index (χ0) is 14.9. The summed E-state index contributed by atoms with van der Waals surface area (Å²) < 4.78 is 0.0550. The number of nitrogens with zero attached hydrogens (tertiary/aromatic N) is 1. The number of carbonyl (C=O) groups excluding carboxylic acids is 1. The Kier molecular flexibility index (Phi) is 5.78. The molecule has 122 valence electrons. The van der Waals surface area contributed by atoms with Gasteiger partial charge in [0.05, 0.1) is 16.4 Å². The molecule has 3 atom stereocenters. The van der Waals surface area contributed by atoms with Gasteiger partial charge in [0, 0.05) is 18.0 Å². The van der Waals surface area contributed by atoms with Crippen molar-refractivity contribution in [3.05, 3.63) is 23.9 Å². The van der Waals surface area contributed by atoms with Crippen LogP contribution in [0.5, 0.6) is 0 Å². The van der Waals surface area contributed by atoms with Crippen LogP contribution in [0, 0.1) is 11.8 Å². The number of allylic oxidation sites excluding steroid dienone is 3. The predicted octanol–water partition coefficient (Wildman–Crippen LogP) is 3.75. The molecule has 0 radical (unpaired) electrons. The molecule has 3 unspecified atom stereocenters. The normalized spacial score (nSPS) is 32.0. The van der Waals surface area contributed by atoms with Crippen molar-refractivity contribution in [2.75, 3.05) is 5.75 Å². The van der Waals surface area contributed by atoms with E-state index in [1.807, 2.05) is 18.0 Å². The van der Waals surface area contributed by atoms with E-state index in [0.29, 0.717) is 12.0 Å². The van der Waals surface area contributed by atoms with E-state index < -0.39 is 0 Å². The molecule has 3 rings (SSSR count). The highest BCUT2D eigenvalue weighted by atomic mass is 35.5. The molecule has 1 spiro atoms. The minimum Gasteiger partial charge on any atom is -0.353 e. The third-order valence-corrected chi connectivity index (χ3v) is 6.83. The van der Waals surface area contributed by atoms with Gasteiger partial charge < -0.3 is 5.32 Å². The highest BCUT2D eigenvalue weighted by molar-refractivity contribution is 8.01. The monoisotopic (exact) mass is 340 g/mol. The molecule has 0 saturated carbocycles. The van der Waals surface area contributed by atoms with Crippen molar-refractivity contribution in [1.82, 2.24) is 5.32 Å². The lowest BCUT2D eigenvalue weighted by Gasteiger charge is -2.39. The maximum atomic E-state index is 12.7. The Labute approximate surface area is 143 Å². The fourth-order valence-electron chi connectivity index (χ4n) is 3.74. The van der Waals surface area contributed by atoms with Gasteiger partial charge in [-0.15, -0.1) is 24.2 Å². The lowest BCUT2D eigenvalue weighted by atomic mass is 9.73. The van der Waals surface area contributed by atoms with Gasteiger partial charge in [-0.3, -0.25) is 9.79 Å². The minimum absolute atomic E-state index is 0. The Bertz CT molecular complexity index is 513. The number of aliphatic imine (C=N–C) groups is 1. The standard InChI is InChI=1S/C17H24N2OS.ClH/c1-3-12(4-2)19-16(20)13-11-21-17-9-6-5-7-15(17)18-10-8-14(13)17;/h5-7,10,12-14H,3-4,8-9,11H2,1-2H3,(H,19,20);1H. The van der Waals surface area contributed by atoms with Crippen molar-refractivity contribution >= 4 is 36.3 Å². The Balaban J connectivity index is 0.00000176. The topological polar surface area (TPSA) is 41.5 Å². The van der Waals surface area contributed by atoms with Crippen molar-refractivity contribution in [1.29, 1.82) is 0 Å². The summed E-state index contributed by atoms with van der Waals surface area (Å²) in [6.45, 7) is 4.28. The van der Waals surface area contributed by atoms with Crippen LogP contribution in [0.15, 0.2) is 28.9 Å². The molecule has 0 aromatic carbocycles. The predicted molar refractivity (Wildman–Crippen MR) is 96.9 cm³/mol. The van der Waals surface area contributed by atoms with E-state index in [0.717, 1.165) is 31.4 Å². The third-order valence-electron chi connectivity index (χ3n) is 5.11. The van der Waals surface area contributed by atoms with Crippen LogP contribution in [-0.2, 0) is 4.79 Å². The first kappa shape index (κ1) is 17.6. The summed E-state index contributed by atoms with van der Waals surface area (Å²) in [4.78, 5) is 17.3. The first-order valence-corrected chi connectivity index (χ1v) is 9.04. The number of carbonyl (C=O) groups is 1. The quantitative estimate of drug-likeness (QED) is 0.846. The number of rotatable bonds is 4. The molecular formula is C17H25ClN2OS. The molecule has 0 aromatic rings. The second-order valence-corrected chi connectivity index (χ2v) is 7.52. The van der Waals surface area contributed by atoms with Gasteiger partial charge in [0.1, 0.15) is 0 Å². The molecule has 1 aliphatic carbocycles. The van der Waals surface area contributed by atoms with Crippen LogP contribution in [0.25, 0.3) is 0 Å². The maximum absolute atomic E-state index is 12.7. The molecule has 3 aliphatic rings. The van der Waals surface area contributed by atoms with Crippen LogP contribution < -0.4 is 5.32 Å². The van der Waals surface area contributed by atoms with Gasteiger partial charge in [-0.1, -0.05) is 26.0 Å². The number of thioether (sulfide) groups is 1. The van der Waals surface area contributed by atoms with Gasteiger partial charge in [0.25, 0.3) is 0 Å². The summed E-state index contributed by atoms with van der Waals surface area (Å²) in [5.74, 6) is 1.69. The molecular weight excluding hydrogens is 316 g/mol.